The number of imide groups is 1. The van der Waals surface area contributed by atoms with Crippen molar-refractivity contribution in [1.29, 1.82) is 0 Å². The van der Waals surface area contributed by atoms with Gasteiger partial charge in [-0.3, -0.25) is 14.5 Å². The normalized spacial score (nSPS) is 17.1. The average molecular weight is 448 g/mol. The van der Waals surface area contributed by atoms with Crippen LogP contribution in [0, 0.1) is 13.8 Å². The molecule has 0 unspecified atom stereocenters. The molecule has 0 aromatic heterocycles. The molecular weight excluding hydrogens is 414 g/mol. The third kappa shape index (κ3) is 4.67. The molecule has 0 radical (unpaired) electrons. The molecule has 4 rings (SSSR count). The van der Waals surface area contributed by atoms with E-state index in [1.165, 1.54) is 21.7 Å². The standard InChI is InChI=1S/C27H33N3O3/c1-19(2)33-18-17-30-26(31)24(22-10-6-5-7-11-22)25(27(30)32)29-15-13-28(14-16-29)23-12-8-9-20(3)21(23)4/h5-12,19H,13-18H2,1-4H3. The highest BCUT2D eigenvalue weighted by Gasteiger charge is 2.42. The minimum Gasteiger partial charge on any atom is -0.377 e. The summed E-state index contributed by atoms with van der Waals surface area (Å²) in [7, 11) is 0. The number of ether oxygens (including phenoxy) is 1. The van der Waals surface area contributed by atoms with Crippen molar-refractivity contribution in [2.45, 2.75) is 33.8 Å². The van der Waals surface area contributed by atoms with Gasteiger partial charge in [0.25, 0.3) is 11.8 Å². The quantitative estimate of drug-likeness (QED) is 0.607. The molecule has 0 atom stereocenters. The number of nitrogens with zero attached hydrogens (tertiary/aromatic N) is 3. The van der Waals surface area contributed by atoms with Gasteiger partial charge in [0.2, 0.25) is 0 Å². The van der Waals surface area contributed by atoms with E-state index in [-0.39, 0.29) is 24.5 Å². The fourth-order valence-corrected chi connectivity index (χ4v) is 4.55. The Morgan fingerprint density at radius 2 is 1.52 bits per heavy atom. The number of hydrogen-bond donors (Lipinski definition) is 0. The van der Waals surface area contributed by atoms with Gasteiger partial charge in [0.15, 0.2) is 0 Å². The van der Waals surface area contributed by atoms with Gasteiger partial charge >= 0.3 is 0 Å². The summed E-state index contributed by atoms with van der Waals surface area (Å²) in [6, 6.07) is 15.9. The van der Waals surface area contributed by atoms with Gasteiger partial charge in [-0.25, -0.2) is 0 Å². The van der Waals surface area contributed by atoms with Gasteiger partial charge in [0.1, 0.15) is 5.70 Å². The van der Waals surface area contributed by atoms with E-state index in [2.05, 4.69) is 41.8 Å². The highest BCUT2D eigenvalue weighted by Crippen LogP contribution is 2.33. The molecule has 1 saturated heterocycles. The van der Waals surface area contributed by atoms with Crippen molar-refractivity contribution in [1.82, 2.24) is 9.80 Å². The molecule has 0 saturated carbocycles. The number of hydrogen-bond acceptors (Lipinski definition) is 5. The Morgan fingerprint density at radius 3 is 2.18 bits per heavy atom. The van der Waals surface area contributed by atoms with Crippen molar-refractivity contribution in [3.8, 4) is 0 Å². The Labute approximate surface area is 196 Å². The smallest absolute Gasteiger partial charge is 0.277 e. The van der Waals surface area contributed by atoms with E-state index in [0.29, 0.717) is 31.0 Å². The Kier molecular flexibility index (Phi) is 6.84. The summed E-state index contributed by atoms with van der Waals surface area (Å²) < 4.78 is 5.62. The maximum atomic E-state index is 13.5. The van der Waals surface area contributed by atoms with Crippen LogP contribution < -0.4 is 4.90 Å². The summed E-state index contributed by atoms with van der Waals surface area (Å²) in [5, 5.41) is 0. The van der Waals surface area contributed by atoms with Crippen LogP contribution in [0.25, 0.3) is 5.57 Å². The summed E-state index contributed by atoms with van der Waals surface area (Å²) in [5.41, 5.74) is 5.63. The number of anilines is 1. The van der Waals surface area contributed by atoms with Crippen molar-refractivity contribution >= 4 is 23.1 Å². The summed E-state index contributed by atoms with van der Waals surface area (Å²) in [4.78, 5) is 32.6. The van der Waals surface area contributed by atoms with E-state index in [9.17, 15) is 9.59 Å². The zero-order valence-electron chi connectivity index (χ0n) is 20.0. The first-order valence-corrected chi connectivity index (χ1v) is 11.7. The van der Waals surface area contributed by atoms with E-state index in [4.69, 9.17) is 4.74 Å². The number of benzene rings is 2. The molecule has 2 aromatic rings. The molecule has 2 aliphatic rings. The maximum Gasteiger partial charge on any atom is 0.277 e. The number of aryl methyl sites for hydroxylation is 1. The number of carbonyl (C=O) groups is 2. The molecule has 174 valence electrons. The topological polar surface area (TPSA) is 53.1 Å². The van der Waals surface area contributed by atoms with Crippen molar-refractivity contribution in [3.05, 3.63) is 70.9 Å². The fraction of sp³-hybridized carbons (Fsp3) is 0.407. The molecule has 0 bridgehead atoms. The minimum absolute atomic E-state index is 0.0528. The molecule has 0 N–H and O–H groups in total. The van der Waals surface area contributed by atoms with Gasteiger partial charge in [-0.05, 0) is 50.5 Å². The van der Waals surface area contributed by atoms with Gasteiger partial charge < -0.3 is 14.5 Å². The predicted molar refractivity (Wildman–Crippen MR) is 131 cm³/mol. The molecule has 0 spiro atoms. The molecule has 2 amide bonds. The van der Waals surface area contributed by atoms with Crippen LogP contribution in [0.1, 0.15) is 30.5 Å². The highest BCUT2D eigenvalue weighted by atomic mass is 16.5. The monoisotopic (exact) mass is 447 g/mol. The highest BCUT2D eigenvalue weighted by molar-refractivity contribution is 6.35. The van der Waals surface area contributed by atoms with Gasteiger partial charge in [0.05, 0.1) is 24.8 Å². The molecule has 2 aliphatic heterocycles. The van der Waals surface area contributed by atoms with Crippen LogP contribution in [0.4, 0.5) is 5.69 Å². The number of amides is 2. The second-order valence-corrected chi connectivity index (χ2v) is 8.96. The fourth-order valence-electron chi connectivity index (χ4n) is 4.55. The van der Waals surface area contributed by atoms with Gasteiger partial charge in [-0.15, -0.1) is 0 Å². The lowest BCUT2D eigenvalue weighted by Gasteiger charge is -2.38. The minimum atomic E-state index is -0.231. The van der Waals surface area contributed by atoms with Crippen molar-refractivity contribution in [3.63, 3.8) is 0 Å². The van der Waals surface area contributed by atoms with Crippen molar-refractivity contribution in [2.75, 3.05) is 44.2 Å². The van der Waals surface area contributed by atoms with E-state index < -0.39 is 0 Å². The van der Waals surface area contributed by atoms with Crippen LogP contribution in [0.3, 0.4) is 0 Å². The molecule has 33 heavy (non-hydrogen) atoms. The predicted octanol–water partition coefficient (Wildman–Crippen LogP) is 3.63. The Morgan fingerprint density at radius 1 is 0.848 bits per heavy atom. The SMILES string of the molecule is Cc1cccc(N2CCN(C3=C(c4ccccc4)C(=O)N(CCOC(C)C)C3=O)CC2)c1C. The van der Waals surface area contributed by atoms with Crippen molar-refractivity contribution in [2.24, 2.45) is 0 Å². The van der Waals surface area contributed by atoms with Crippen LogP contribution in [0.2, 0.25) is 0 Å². The lowest BCUT2D eigenvalue weighted by molar-refractivity contribution is -0.138. The lowest BCUT2D eigenvalue weighted by Crippen LogP contribution is -2.48. The van der Waals surface area contributed by atoms with Crippen LogP contribution in [-0.2, 0) is 14.3 Å². The van der Waals surface area contributed by atoms with Crippen LogP contribution >= 0.6 is 0 Å². The van der Waals surface area contributed by atoms with Crippen molar-refractivity contribution < 1.29 is 14.3 Å². The summed E-state index contributed by atoms with van der Waals surface area (Å²) >= 11 is 0. The Bertz CT molecular complexity index is 1050. The van der Waals surface area contributed by atoms with Gasteiger partial charge in [-0.2, -0.15) is 0 Å². The first-order valence-electron chi connectivity index (χ1n) is 11.7. The molecule has 2 aromatic carbocycles. The maximum absolute atomic E-state index is 13.5. The summed E-state index contributed by atoms with van der Waals surface area (Å²) in [6.45, 7) is 11.8. The average Bonchev–Trinajstić information content (AvgIpc) is 3.06. The summed E-state index contributed by atoms with van der Waals surface area (Å²) in [5.74, 6) is -0.447. The van der Waals surface area contributed by atoms with E-state index >= 15 is 0 Å². The third-order valence-electron chi connectivity index (χ3n) is 6.48. The van der Waals surface area contributed by atoms with Crippen LogP contribution in [0.5, 0.6) is 0 Å². The zero-order chi connectivity index (χ0) is 23.5. The number of carbonyl (C=O) groups excluding carboxylic acids is 2. The second-order valence-electron chi connectivity index (χ2n) is 8.96. The second kappa shape index (κ2) is 9.79. The largest absolute Gasteiger partial charge is 0.377 e. The molecule has 6 nitrogen and oxygen atoms in total. The van der Waals surface area contributed by atoms with Gasteiger partial charge in [0, 0.05) is 31.9 Å². The number of rotatable bonds is 7. The van der Waals surface area contributed by atoms with E-state index in [0.717, 1.165) is 18.7 Å². The lowest BCUT2D eigenvalue weighted by atomic mass is 10.0. The van der Waals surface area contributed by atoms with E-state index in [1.54, 1.807) is 0 Å². The van der Waals surface area contributed by atoms with Crippen LogP contribution in [0.15, 0.2) is 54.2 Å². The molecular formula is C27H33N3O3. The third-order valence-corrected chi connectivity index (χ3v) is 6.48. The zero-order valence-corrected chi connectivity index (χ0v) is 20.0. The van der Waals surface area contributed by atoms with E-state index in [1.807, 2.05) is 44.2 Å². The first kappa shape index (κ1) is 23.1. The Balaban J connectivity index is 1.58. The molecule has 2 heterocycles. The molecule has 6 heteroatoms. The van der Waals surface area contributed by atoms with Gasteiger partial charge in [-0.1, -0.05) is 42.5 Å². The summed E-state index contributed by atoms with van der Waals surface area (Å²) in [6.07, 6.45) is 0.0528. The first-order chi connectivity index (χ1) is 15.9. The van der Waals surface area contributed by atoms with Crippen LogP contribution in [-0.4, -0.2) is 67.0 Å². The number of piperazine rings is 1. The molecule has 0 aliphatic carbocycles. The Hall–Kier alpha value is -3.12. The molecule has 1 fully saturated rings.